The summed E-state index contributed by atoms with van der Waals surface area (Å²) in [5.74, 6) is -0.363. The van der Waals surface area contributed by atoms with Crippen LogP contribution in [-0.4, -0.2) is 4.57 Å². The van der Waals surface area contributed by atoms with Crippen LogP contribution in [-0.2, 0) is 7.05 Å². The van der Waals surface area contributed by atoms with E-state index in [1.54, 1.807) is 29.8 Å². The molecule has 1 aliphatic rings. The predicted molar refractivity (Wildman–Crippen MR) is 105 cm³/mol. The lowest BCUT2D eigenvalue weighted by Gasteiger charge is -2.27. The van der Waals surface area contributed by atoms with Gasteiger partial charge in [-0.15, -0.1) is 0 Å². The third-order valence-electron chi connectivity index (χ3n) is 4.74. The second-order valence-corrected chi connectivity index (χ2v) is 7.04. The summed E-state index contributed by atoms with van der Waals surface area (Å²) in [5.41, 5.74) is 7.64. The van der Waals surface area contributed by atoms with E-state index in [2.05, 4.69) is 6.07 Å². The van der Waals surface area contributed by atoms with Crippen molar-refractivity contribution in [3.8, 4) is 11.8 Å². The Morgan fingerprint density at radius 2 is 1.93 bits per heavy atom. The van der Waals surface area contributed by atoms with Crippen molar-refractivity contribution < 1.29 is 4.74 Å². The van der Waals surface area contributed by atoms with Crippen LogP contribution in [0.2, 0.25) is 10.0 Å². The molecule has 2 heterocycles. The molecule has 3 aromatic rings. The number of nitrogens with two attached hydrogens (primary N) is 1. The van der Waals surface area contributed by atoms with Gasteiger partial charge >= 0.3 is 0 Å². The number of hydrogen-bond donors (Lipinski definition) is 1. The van der Waals surface area contributed by atoms with Crippen LogP contribution in [0.3, 0.4) is 0 Å². The van der Waals surface area contributed by atoms with Crippen molar-refractivity contribution in [1.29, 1.82) is 5.26 Å². The van der Waals surface area contributed by atoms with Crippen molar-refractivity contribution in [2.24, 2.45) is 12.8 Å². The number of pyridine rings is 1. The average molecular weight is 398 g/mol. The maximum absolute atomic E-state index is 13.2. The molecule has 1 aliphatic heterocycles. The molecule has 0 amide bonds. The topological polar surface area (TPSA) is 81.0 Å². The van der Waals surface area contributed by atoms with Gasteiger partial charge in [-0.05, 0) is 29.8 Å². The number of para-hydroxylation sites is 1. The van der Waals surface area contributed by atoms with Gasteiger partial charge in [-0.25, -0.2) is 0 Å². The molecule has 0 fully saturated rings. The molecule has 2 N–H and O–H groups in total. The van der Waals surface area contributed by atoms with E-state index in [4.69, 9.17) is 33.7 Å². The molecule has 7 heteroatoms. The normalized spacial score (nSPS) is 16.0. The highest BCUT2D eigenvalue weighted by molar-refractivity contribution is 6.42. The van der Waals surface area contributed by atoms with Crippen LogP contribution in [0.25, 0.3) is 10.9 Å². The summed E-state index contributed by atoms with van der Waals surface area (Å²) in [4.78, 5) is 13.2. The number of benzene rings is 2. The van der Waals surface area contributed by atoms with Crippen LogP contribution < -0.4 is 16.0 Å². The lowest BCUT2D eigenvalue weighted by Crippen LogP contribution is -2.31. The van der Waals surface area contributed by atoms with Crippen LogP contribution in [0, 0.1) is 11.3 Å². The van der Waals surface area contributed by atoms with E-state index >= 15 is 0 Å². The lowest BCUT2D eigenvalue weighted by atomic mass is 9.83. The van der Waals surface area contributed by atoms with Gasteiger partial charge in [-0.2, -0.15) is 5.26 Å². The van der Waals surface area contributed by atoms with Crippen molar-refractivity contribution in [3.63, 3.8) is 0 Å². The fourth-order valence-corrected chi connectivity index (χ4v) is 3.76. The molecule has 4 rings (SSSR count). The van der Waals surface area contributed by atoms with Crippen LogP contribution in [0.4, 0.5) is 0 Å². The molecule has 0 radical (unpaired) electrons. The monoisotopic (exact) mass is 397 g/mol. The first-order chi connectivity index (χ1) is 12.9. The zero-order valence-electron chi connectivity index (χ0n) is 14.2. The standard InChI is InChI=1S/C20H13Cl2N3O2/c1-25-15-5-3-2-4-11(15)18-17(20(25)26)16(12(9-23)19(24)27-18)10-6-7-13(21)14(22)8-10/h2-8,16H,24H2,1H3/t16-/m1/s1. The minimum Gasteiger partial charge on any atom is -0.439 e. The van der Waals surface area contributed by atoms with Crippen molar-refractivity contribution >= 4 is 34.1 Å². The zero-order chi connectivity index (χ0) is 19.3. The predicted octanol–water partition coefficient (Wildman–Crippen LogP) is 4.06. The van der Waals surface area contributed by atoms with Gasteiger partial charge in [0.25, 0.3) is 5.56 Å². The summed E-state index contributed by atoms with van der Waals surface area (Å²) in [6, 6.07) is 14.4. The molecule has 134 valence electrons. The molecule has 27 heavy (non-hydrogen) atoms. The van der Waals surface area contributed by atoms with E-state index in [-0.39, 0.29) is 17.0 Å². The number of rotatable bonds is 1. The van der Waals surface area contributed by atoms with Crippen LogP contribution in [0.1, 0.15) is 17.0 Å². The summed E-state index contributed by atoms with van der Waals surface area (Å²) in [5, 5.41) is 11.1. The van der Waals surface area contributed by atoms with Crippen LogP contribution in [0.15, 0.2) is 58.7 Å². The quantitative estimate of drug-likeness (QED) is 0.670. The van der Waals surface area contributed by atoms with Gasteiger partial charge < -0.3 is 15.0 Å². The highest BCUT2D eigenvalue weighted by Gasteiger charge is 2.35. The second kappa shape index (κ2) is 6.34. The van der Waals surface area contributed by atoms with Gasteiger partial charge in [0, 0.05) is 12.4 Å². The zero-order valence-corrected chi connectivity index (χ0v) is 15.7. The van der Waals surface area contributed by atoms with Crippen molar-refractivity contribution in [2.75, 3.05) is 0 Å². The minimum absolute atomic E-state index is 0.0283. The Kier molecular flexibility index (Phi) is 4.11. The Balaban J connectivity index is 2.13. The number of halogens is 2. The molecule has 0 spiro atoms. The number of hydrogen-bond acceptors (Lipinski definition) is 4. The van der Waals surface area contributed by atoms with E-state index in [1.165, 1.54) is 0 Å². The minimum atomic E-state index is -0.697. The van der Waals surface area contributed by atoms with Gasteiger partial charge in [-0.1, -0.05) is 41.4 Å². The van der Waals surface area contributed by atoms with Gasteiger partial charge in [-0.3, -0.25) is 4.79 Å². The summed E-state index contributed by atoms with van der Waals surface area (Å²) < 4.78 is 7.29. The largest absolute Gasteiger partial charge is 0.439 e. The number of nitriles is 1. The summed E-state index contributed by atoms with van der Waals surface area (Å²) in [6.07, 6.45) is 0. The van der Waals surface area contributed by atoms with E-state index in [9.17, 15) is 10.1 Å². The van der Waals surface area contributed by atoms with E-state index in [1.807, 2.05) is 24.3 Å². The maximum atomic E-state index is 13.2. The molecule has 5 nitrogen and oxygen atoms in total. The van der Waals surface area contributed by atoms with Gasteiger partial charge in [0.05, 0.1) is 27.0 Å². The SMILES string of the molecule is Cn1c(=O)c2c(c3ccccc31)OC(N)=C(C#N)[C@H]2c1ccc(Cl)c(Cl)c1. The number of ether oxygens (including phenoxy) is 1. The van der Waals surface area contributed by atoms with E-state index < -0.39 is 5.92 Å². The smallest absolute Gasteiger partial charge is 0.258 e. The lowest BCUT2D eigenvalue weighted by molar-refractivity contribution is 0.396. The van der Waals surface area contributed by atoms with Crippen LogP contribution >= 0.6 is 23.2 Å². The molecule has 1 aromatic heterocycles. The van der Waals surface area contributed by atoms with Crippen molar-refractivity contribution in [1.82, 2.24) is 4.57 Å². The third-order valence-corrected chi connectivity index (χ3v) is 5.48. The summed E-state index contributed by atoms with van der Waals surface area (Å²) >= 11 is 12.2. The Morgan fingerprint density at radius 1 is 1.19 bits per heavy atom. The van der Waals surface area contributed by atoms with E-state index in [0.717, 1.165) is 5.39 Å². The molecule has 2 aromatic carbocycles. The van der Waals surface area contributed by atoms with Crippen LogP contribution in [0.5, 0.6) is 5.75 Å². The maximum Gasteiger partial charge on any atom is 0.258 e. The number of allylic oxidation sites excluding steroid dienone is 1. The Bertz CT molecular complexity index is 1240. The Labute approximate surface area is 164 Å². The molecular weight excluding hydrogens is 385 g/mol. The molecule has 1 atom stereocenters. The molecule has 0 aliphatic carbocycles. The van der Waals surface area contributed by atoms with E-state index in [0.29, 0.717) is 32.4 Å². The Hall–Kier alpha value is -2.94. The number of aromatic nitrogens is 1. The molecule has 0 bridgehead atoms. The van der Waals surface area contributed by atoms with Gasteiger partial charge in [0.1, 0.15) is 17.4 Å². The fraction of sp³-hybridized carbons (Fsp3) is 0.100. The van der Waals surface area contributed by atoms with Gasteiger partial charge in [0.15, 0.2) is 0 Å². The first-order valence-electron chi connectivity index (χ1n) is 8.08. The molecule has 0 unspecified atom stereocenters. The second-order valence-electron chi connectivity index (χ2n) is 6.22. The number of fused-ring (bicyclic) bond motifs is 3. The molecule has 0 saturated heterocycles. The third kappa shape index (κ3) is 2.57. The molecule has 0 saturated carbocycles. The number of aryl methyl sites for hydroxylation is 1. The Morgan fingerprint density at radius 3 is 2.63 bits per heavy atom. The summed E-state index contributed by atoms with van der Waals surface area (Å²) in [7, 11) is 1.69. The van der Waals surface area contributed by atoms with Gasteiger partial charge in [0.2, 0.25) is 5.88 Å². The fourth-order valence-electron chi connectivity index (χ4n) is 3.45. The average Bonchev–Trinajstić information content (AvgIpc) is 2.67. The highest BCUT2D eigenvalue weighted by Crippen LogP contribution is 2.44. The first-order valence-corrected chi connectivity index (χ1v) is 8.83. The highest BCUT2D eigenvalue weighted by atomic mass is 35.5. The molecular formula is C20H13Cl2N3O2. The van der Waals surface area contributed by atoms with Crippen molar-refractivity contribution in [3.05, 3.63) is 85.4 Å². The first kappa shape index (κ1) is 17.5. The number of nitrogens with zero attached hydrogens (tertiary/aromatic N) is 2. The summed E-state index contributed by atoms with van der Waals surface area (Å²) in [6.45, 7) is 0. The van der Waals surface area contributed by atoms with Crippen molar-refractivity contribution in [2.45, 2.75) is 5.92 Å².